The molecule has 0 saturated heterocycles. The lowest BCUT2D eigenvalue weighted by atomic mass is 9.86. The first-order valence-electron chi connectivity index (χ1n) is 9.83. The van der Waals surface area contributed by atoms with E-state index < -0.39 is 6.03 Å². The Labute approximate surface area is 172 Å². The molecule has 150 valence electrons. The molecule has 2 atom stereocenters. The Morgan fingerprint density at radius 1 is 1.25 bits per heavy atom. The zero-order valence-electron chi connectivity index (χ0n) is 15.9. The lowest BCUT2D eigenvalue weighted by Gasteiger charge is -2.29. The van der Waals surface area contributed by atoms with Gasteiger partial charge in [0, 0.05) is 12.1 Å². The number of hydrogen-bond donors (Lipinski definition) is 2. The van der Waals surface area contributed by atoms with Gasteiger partial charge in [0.1, 0.15) is 0 Å². The minimum absolute atomic E-state index is 0.142. The van der Waals surface area contributed by atoms with E-state index in [4.69, 9.17) is 0 Å². The van der Waals surface area contributed by atoms with E-state index in [-0.39, 0.29) is 17.7 Å². The maximum Gasteiger partial charge on any atom is 0.321 e. The molecular weight excluding hydrogens is 394 g/mol. The molecule has 0 bridgehead atoms. The molecule has 0 unspecified atom stereocenters. The van der Waals surface area contributed by atoms with E-state index in [1.165, 1.54) is 18.2 Å². The normalized spacial score (nSPS) is 22.0. The summed E-state index contributed by atoms with van der Waals surface area (Å²) in [6, 6.07) is 4.20. The van der Waals surface area contributed by atoms with Crippen LogP contribution in [-0.2, 0) is 4.79 Å². The average Bonchev–Trinajstić information content (AvgIpc) is 3.19. The molecule has 0 aliphatic heterocycles. The van der Waals surface area contributed by atoms with Crippen molar-refractivity contribution in [3.8, 4) is 10.7 Å². The Balaban J connectivity index is 1.32. The van der Waals surface area contributed by atoms with Crippen molar-refractivity contribution in [2.24, 2.45) is 5.92 Å². The van der Waals surface area contributed by atoms with Crippen molar-refractivity contribution < 1.29 is 9.59 Å². The predicted molar refractivity (Wildman–Crippen MR) is 110 cm³/mol. The summed E-state index contributed by atoms with van der Waals surface area (Å²) < 4.78 is 2.13. The highest BCUT2D eigenvalue weighted by Crippen LogP contribution is 2.41. The van der Waals surface area contributed by atoms with Crippen LogP contribution < -0.4 is 10.6 Å². The molecule has 0 radical (unpaired) electrons. The molecule has 2 heterocycles. The van der Waals surface area contributed by atoms with Crippen molar-refractivity contribution >= 4 is 35.0 Å². The molecule has 4 rings (SSSR count). The number of urea groups is 1. The van der Waals surface area contributed by atoms with Gasteiger partial charge in [0.05, 0.1) is 10.6 Å². The lowest BCUT2D eigenvalue weighted by molar-refractivity contribution is -0.117. The van der Waals surface area contributed by atoms with Crippen molar-refractivity contribution in [3.63, 3.8) is 0 Å². The van der Waals surface area contributed by atoms with E-state index in [2.05, 4.69) is 32.3 Å². The number of thiophene rings is 1. The highest BCUT2D eigenvalue weighted by atomic mass is 32.2. The number of amides is 3. The van der Waals surface area contributed by atoms with Gasteiger partial charge in [0.15, 0.2) is 11.0 Å². The van der Waals surface area contributed by atoms with Gasteiger partial charge in [-0.25, -0.2) is 4.79 Å². The van der Waals surface area contributed by atoms with Crippen molar-refractivity contribution in [1.82, 2.24) is 25.4 Å². The largest absolute Gasteiger partial charge is 0.335 e. The Kier molecular flexibility index (Phi) is 6.01. The van der Waals surface area contributed by atoms with Gasteiger partial charge in [-0.2, -0.15) is 0 Å². The number of carbonyl (C=O) groups is 2. The van der Waals surface area contributed by atoms with Crippen molar-refractivity contribution in [3.05, 3.63) is 17.5 Å². The fraction of sp³-hybridized carbons (Fsp3) is 0.579. The minimum atomic E-state index is -0.396. The van der Waals surface area contributed by atoms with Crippen LogP contribution in [0.3, 0.4) is 0 Å². The summed E-state index contributed by atoms with van der Waals surface area (Å²) in [5, 5.41) is 16.8. The van der Waals surface area contributed by atoms with Gasteiger partial charge < -0.3 is 5.32 Å². The number of thioether (sulfide) groups is 1. The van der Waals surface area contributed by atoms with Gasteiger partial charge in [-0.15, -0.1) is 21.5 Å². The van der Waals surface area contributed by atoms with Crippen LogP contribution in [-0.4, -0.2) is 38.5 Å². The Hall–Kier alpha value is -1.87. The van der Waals surface area contributed by atoms with Crippen LogP contribution in [0.25, 0.3) is 10.7 Å². The molecule has 2 aromatic rings. The topological polar surface area (TPSA) is 88.9 Å². The van der Waals surface area contributed by atoms with E-state index >= 15 is 0 Å². The fourth-order valence-corrected chi connectivity index (χ4v) is 5.15. The smallest absolute Gasteiger partial charge is 0.321 e. The van der Waals surface area contributed by atoms with Crippen LogP contribution in [0.5, 0.6) is 0 Å². The van der Waals surface area contributed by atoms with E-state index in [1.54, 1.807) is 11.3 Å². The van der Waals surface area contributed by atoms with Crippen LogP contribution >= 0.6 is 23.1 Å². The molecule has 2 N–H and O–H groups in total. The van der Waals surface area contributed by atoms with Crippen LogP contribution in [0.2, 0.25) is 0 Å². The minimum Gasteiger partial charge on any atom is -0.335 e. The summed E-state index contributed by atoms with van der Waals surface area (Å²) in [6.45, 7) is 2.15. The van der Waals surface area contributed by atoms with Gasteiger partial charge in [-0.05, 0) is 43.0 Å². The molecule has 28 heavy (non-hydrogen) atoms. The van der Waals surface area contributed by atoms with Gasteiger partial charge in [-0.1, -0.05) is 37.6 Å². The summed E-state index contributed by atoms with van der Waals surface area (Å²) in [5.41, 5.74) is 0. The summed E-state index contributed by atoms with van der Waals surface area (Å²) in [7, 11) is 0. The molecular formula is C19H25N5O2S2. The average molecular weight is 420 g/mol. The molecule has 2 saturated carbocycles. The number of rotatable bonds is 6. The van der Waals surface area contributed by atoms with E-state index in [9.17, 15) is 9.59 Å². The van der Waals surface area contributed by atoms with Crippen LogP contribution in [0.15, 0.2) is 22.7 Å². The molecule has 0 spiro atoms. The van der Waals surface area contributed by atoms with Crippen LogP contribution in [0.1, 0.15) is 51.5 Å². The zero-order valence-corrected chi connectivity index (χ0v) is 17.5. The monoisotopic (exact) mass is 419 g/mol. The fourth-order valence-electron chi connectivity index (χ4n) is 3.64. The third-order valence-electron chi connectivity index (χ3n) is 5.33. The van der Waals surface area contributed by atoms with Gasteiger partial charge in [0.25, 0.3) is 0 Å². The van der Waals surface area contributed by atoms with E-state index in [1.807, 2.05) is 17.5 Å². The second kappa shape index (κ2) is 8.65. The first-order chi connectivity index (χ1) is 13.6. The third kappa shape index (κ3) is 4.57. The van der Waals surface area contributed by atoms with Gasteiger partial charge in [-0.3, -0.25) is 14.7 Å². The maximum atomic E-state index is 12.2. The molecule has 2 aliphatic rings. The SMILES string of the molecule is C[C@H]1CCCC[C@@H]1NC(=O)NC(=O)CSc1nnc(-c2cccs2)n1C1CC1. The number of hydrogen-bond acceptors (Lipinski definition) is 6. The maximum absolute atomic E-state index is 12.2. The quantitative estimate of drug-likeness (QED) is 0.695. The predicted octanol–water partition coefficient (Wildman–Crippen LogP) is 3.84. The molecule has 3 amide bonds. The van der Waals surface area contributed by atoms with Crippen LogP contribution in [0.4, 0.5) is 4.79 Å². The summed E-state index contributed by atoms with van der Waals surface area (Å²) in [5.74, 6) is 1.15. The van der Waals surface area contributed by atoms with Gasteiger partial charge in [0.2, 0.25) is 5.91 Å². The standard InChI is InChI=1S/C19H25N5O2S2/c1-12-5-2-3-6-14(12)20-18(26)21-16(25)11-28-19-23-22-17(15-7-4-10-27-15)24(19)13-8-9-13/h4,7,10,12-14H,2-3,5-6,8-9,11H2,1H3,(H2,20,21,25,26)/t12-,14-/m0/s1. The molecule has 2 fully saturated rings. The van der Waals surface area contributed by atoms with Crippen molar-refractivity contribution in [1.29, 1.82) is 0 Å². The van der Waals surface area contributed by atoms with Crippen molar-refractivity contribution in [2.45, 2.75) is 62.7 Å². The summed E-state index contributed by atoms with van der Waals surface area (Å²) >= 11 is 2.97. The first-order valence-corrected chi connectivity index (χ1v) is 11.7. The third-order valence-corrected chi connectivity index (χ3v) is 7.14. The Morgan fingerprint density at radius 2 is 2.07 bits per heavy atom. The Morgan fingerprint density at radius 3 is 2.79 bits per heavy atom. The number of carbonyl (C=O) groups excluding carboxylic acids is 2. The number of nitrogens with zero attached hydrogens (tertiary/aromatic N) is 3. The molecule has 9 heteroatoms. The molecule has 2 aromatic heterocycles. The number of aromatic nitrogens is 3. The molecule has 7 nitrogen and oxygen atoms in total. The van der Waals surface area contributed by atoms with Crippen molar-refractivity contribution in [2.75, 3.05) is 5.75 Å². The number of nitrogens with one attached hydrogen (secondary N) is 2. The highest BCUT2D eigenvalue weighted by molar-refractivity contribution is 7.99. The zero-order chi connectivity index (χ0) is 19.5. The van der Waals surface area contributed by atoms with Gasteiger partial charge >= 0.3 is 6.03 Å². The molecule has 0 aromatic carbocycles. The lowest BCUT2D eigenvalue weighted by Crippen LogP contribution is -2.48. The van der Waals surface area contributed by atoms with Crippen LogP contribution in [0, 0.1) is 5.92 Å². The highest BCUT2D eigenvalue weighted by Gasteiger charge is 2.31. The first kappa shape index (κ1) is 19.4. The number of imide groups is 1. The second-order valence-corrected chi connectivity index (χ2v) is 9.45. The van der Waals surface area contributed by atoms with E-state index in [0.717, 1.165) is 48.0 Å². The van der Waals surface area contributed by atoms with E-state index in [0.29, 0.717) is 12.0 Å². The second-order valence-electron chi connectivity index (χ2n) is 7.56. The summed E-state index contributed by atoms with van der Waals surface area (Å²) in [4.78, 5) is 25.5. The Bertz CT molecular complexity index is 832. The molecule has 2 aliphatic carbocycles. The summed E-state index contributed by atoms with van der Waals surface area (Å²) in [6.07, 6.45) is 6.66.